The Hall–Kier alpha value is -1.37. The minimum Gasteiger partial charge on any atom is -0.303 e. The molecule has 1 aliphatic heterocycles. The van der Waals surface area contributed by atoms with Gasteiger partial charge in [0.1, 0.15) is 5.54 Å². The molecular formula is C18H27N3. The summed E-state index contributed by atoms with van der Waals surface area (Å²) in [7, 11) is 0. The third kappa shape index (κ3) is 4.56. The van der Waals surface area contributed by atoms with Crippen molar-refractivity contribution in [1.29, 1.82) is 5.26 Å². The molecular weight excluding hydrogens is 258 g/mol. The van der Waals surface area contributed by atoms with Crippen molar-refractivity contribution in [3.05, 3.63) is 35.9 Å². The van der Waals surface area contributed by atoms with E-state index in [1.807, 2.05) is 6.92 Å². The number of rotatable bonds is 7. The van der Waals surface area contributed by atoms with E-state index in [9.17, 15) is 5.26 Å². The maximum atomic E-state index is 9.38. The van der Waals surface area contributed by atoms with Gasteiger partial charge >= 0.3 is 0 Å². The third-order valence-corrected chi connectivity index (χ3v) is 4.48. The van der Waals surface area contributed by atoms with Crippen LogP contribution in [0.25, 0.3) is 0 Å². The van der Waals surface area contributed by atoms with Crippen LogP contribution in [0, 0.1) is 11.3 Å². The Labute approximate surface area is 129 Å². The molecule has 1 heterocycles. The number of likely N-dealkylation sites (tertiary alicyclic amines) is 1. The Morgan fingerprint density at radius 2 is 2.14 bits per heavy atom. The molecule has 114 valence electrons. The third-order valence-electron chi connectivity index (χ3n) is 4.48. The van der Waals surface area contributed by atoms with Gasteiger partial charge in [0.2, 0.25) is 0 Å². The van der Waals surface area contributed by atoms with E-state index in [4.69, 9.17) is 0 Å². The summed E-state index contributed by atoms with van der Waals surface area (Å²) < 4.78 is 0. The molecule has 21 heavy (non-hydrogen) atoms. The van der Waals surface area contributed by atoms with E-state index >= 15 is 0 Å². The highest BCUT2D eigenvalue weighted by Crippen LogP contribution is 2.27. The zero-order chi connectivity index (χ0) is 15.1. The van der Waals surface area contributed by atoms with E-state index in [2.05, 4.69) is 53.5 Å². The molecule has 0 radical (unpaired) electrons. The first-order chi connectivity index (χ1) is 10.2. The van der Waals surface area contributed by atoms with Gasteiger partial charge in [0, 0.05) is 13.1 Å². The molecule has 0 amide bonds. The molecule has 1 aliphatic rings. The summed E-state index contributed by atoms with van der Waals surface area (Å²) in [5.41, 5.74) is 1.06. The Balaban J connectivity index is 1.81. The van der Waals surface area contributed by atoms with Gasteiger partial charge in [0.05, 0.1) is 6.07 Å². The maximum Gasteiger partial charge on any atom is 0.105 e. The summed E-state index contributed by atoms with van der Waals surface area (Å²) in [5.74, 6) is 0.656. The Morgan fingerprint density at radius 1 is 1.38 bits per heavy atom. The molecule has 2 rings (SSSR count). The van der Waals surface area contributed by atoms with E-state index in [0.717, 1.165) is 39.0 Å². The van der Waals surface area contributed by atoms with Crippen molar-refractivity contribution >= 4 is 0 Å². The van der Waals surface area contributed by atoms with Gasteiger partial charge in [-0.05, 0) is 50.8 Å². The summed E-state index contributed by atoms with van der Waals surface area (Å²) >= 11 is 0. The molecule has 1 fully saturated rings. The first-order valence-electron chi connectivity index (χ1n) is 8.10. The molecule has 0 bridgehead atoms. The zero-order valence-corrected chi connectivity index (χ0v) is 13.3. The lowest BCUT2D eigenvalue weighted by atomic mass is 9.98. The lowest BCUT2D eigenvalue weighted by Crippen LogP contribution is -2.44. The average molecular weight is 285 g/mol. The Bertz CT molecular complexity index is 465. The fraction of sp³-hybridized carbons (Fsp3) is 0.611. The van der Waals surface area contributed by atoms with Gasteiger partial charge in [0.25, 0.3) is 0 Å². The number of hydrogen-bond donors (Lipinski definition) is 1. The smallest absolute Gasteiger partial charge is 0.105 e. The fourth-order valence-corrected chi connectivity index (χ4v) is 3.00. The maximum absolute atomic E-state index is 9.38. The van der Waals surface area contributed by atoms with Crippen LogP contribution in [0.2, 0.25) is 0 Å². The van der Waals surface area contributed by atoms with E-state index < -0.39 is 0 Å². The van der Waals surface area contributed by atoms with Gasteiger partial charge < -0.3 is 4.90 Å². The SMILES string of the molecule is CCCNC(C)(C#N)CCN1CCC(c2ccccc2)C1. The standard InChI is InChI=1S/C18H27N3/c1-3-11-20-18(2,15-19)10-13-21-12-9-17(14-21)16-7-5-4-6-8-16/h4-8,17,20H,3,9-14H2,1-2H3. The van der Waals surface area contributed by atoms with Crippen molar-refractivity contribution < 1.29 is 0 Å². The molecule has 0 saturated carbocycles. The molecule has 1 aromatic carbocycles. The molecule has 2 unspecified atom stereocenters. The number of benzene rings is 1. The first-order valence-corrected chi connectivity index (χ1v) is 8.10. The monoisotopic (exact) mass is 285 g/mol. The summed E-state index contributed by atoms with van der Waals surface area (Å²) in [6, 6.07) is 13.2. The molecule has 3 nitrogen and oxygen atoms in total. The molecule has 3 heteroatoms. The van der Waals surface area contributed by atoms with Gasteiger partial charge in [-0.15, -0.1) is 0 Å². The van der Waals surface area contributed by atoms with Crippen LogP contribution in [0.1, 0.15) is 44.6 Å². The van der Waals surface area contributed by atoms with Crippen molar-refractivity contribution in [2.75, 3.05) is 26.2 Å². The highest BCUT2D eigenvalue weighted by molar-refractivity contribution is 5.21. The van der Waals surface area contributed by atoms with Gasteiger partial charge in [-0.1, -0.05) is 37.3 Å². The molecule has 1 aromatic rings. The number of nitriles is 1. The van der Waals surface area contributed by atoms with Crippen molar-refractivity contribution in [2.24, 2.45) is 0 Å². The van der Waals surface area contributed by atoms with Crippen molar-refractivity contribution in [3.63, 3.8) is 0 Å². The van der Waals surface area contributed by atoms with Crippen molar-refractivity contribution in [2.45, 2.75) is 44.6 Å². The van der Waals surface area contributed by atoms with Crippen LogP contribution >= 0.6 is 0 Å². The summed E-state index contributed by atoms with van der Waals surface area (Å²) in [6.45, 7) is 8.35. The molecule has 1 N–H and O–H groups in total. The normalized spacial score (nSPS) is 21.9. The minimum atomic E-state index is -0.388. The van der Waals surface area contributed by atoms with Gasteiger partial charge in [0.15, 0.2) is 0 Å². The van der Waals surface area contributed by atoms with E-state index in [1.165, 1.54) is 12.0 Å². The van der Waals surface area contributed by atoms with Gasteiger partial charge in [-0.2, -0.15) is 5.26 Å². The lowest BCUT2D eigenvalue weighted by molar-refractivity contribution is 0.287. The van der Waals surface area contributed by atoms with Crippen LogP contribution in [-0.4, -0.2) is 36.6 Å². The van der Waals surface area contributed by atoms with Crippen LogP contribution in [-0.2, 0) is 0 Å². The van der Waals surface area contributed by atoms with E-state index in [1.54, 1.807) is 0 Å². The number of nitrogens with one attached hydrogen (secondary N) is 1. The molecule has 1 saturated heterocycles. The Kier molecular flexibility index (Phi) is 5.78. The predicted molar refractivity (Wildman–Crippen MR) is 87.2 cm³/mol. The summed E-state index contributed by atoms with van der Waals surface area (Å²) in [5, 5.41) is 12.8. The number of nitrogens with zero attached hydrogens (tertiary/aromatic N) is 2. The van der Waals surface area contributed by atoms with Crippen LogP contribution in [0.5, 0.6) is 0 Å². The zero-order valence-electron chi connectivity index (χ0n) is 13.3. The Morgan fingerprint density at radius 3 is 2.81 bits per heavy atom. The van der Waals surface area contributed by atoms with Crippen molar-refractivity contribution in [3.8, 4) is 6.07 Å². The number of hydrogen-bond acceptors (Lipinski definition) is 3. The highest BCUT2D eigenvalue weighted by atomic mass is 15.1. The topological polar surface area (TPSA) is 39.1 Å². The highest BCUT2D eigenvalue weighted by Gasteiger charge is 2.27. The van der Waals surface area contributed by atoms with Crippen LogP contribution in [0.3, 0.4) is 0 Å². The minimum absolute atomic E-state index is 0.388. The van der Waals surface area contributed by atoms with Crippen molar-refractivity contribution in [1.82, 2.24) is 10.2 Å². The molecule has 0 spiro atoms. The second-order valence-corrected chi connectivity index (χ2v) is 6.32. The van der Waals surface area contributed by atoms with Gasteiger partial charge in [-0.25, -0.2) is 0 Å². The van der Waals surface area contributed by atoms with E-state index in [-0.39, 0.29) is 5.54 Å². The second kappa shape index (κ2) is 7.59. The lowest BCUT2D eigenvalue weighted by Gasteiger charge is -2.26. The van der Waals surface area contributed by atoms with E-state index in [0.29, 0.717) is 5.92 Å². The van der Waals surface area contributed by atoms with Gasteiger partial charge in [-0.3, -0.25) is 5.32 Å². The molecule has 0 aromatic heterocycles. The summed E-state index contributed by atoms with van der Waals surface area (Å²) in [4.78, 5) is 2.50. The predicted octanol–water partition coefficient (Wildman–Crippen LogP) is 3.15. The average Bonchev–Trinajstić information content (AvgIpc) is 3.01. The van der Waals surface area contributed by atoms with Crippen LogP contribution in [0.4, 0.5) is 0 Å². The molecule has 2 atom stereocenters. The largest absolute Gasteiger partial charge is 0.303 e. The quantitative estimate of drug-likeness (QED) is 0.836. The van der Waals surface area contributed by atoms with Crippen LogP contribution < -0.4 is 5.32 Å². The fourth-order valence-electron chi connectivity index (χ4n) is 3.00. The molecule has 0 aliphatic carbocycles. The van der Waals surface area contributed by atoms with Crippen LogP contribution in [0.15, 0.2) is 30.3 Å². The second-order valence-electron chi connectivity index (χ2n) is 6.32. The summed E-state index contributed by atoms with van der Waals surface area (Å²) in [6.07, 6.45) is 3.19. The first kappa shape index (κ1) is 16.0.